The summed E-state index contributed by atoms with van der Waals surface area (Å²) in [7, 11) is -0.721. The molecule has 0 aliphatic rings. The van der Waals surface area contributed by atoms with E-state index in [0.717, 1.165) is 16.4 Å². The summed E-state index contributed by atoms with van der Waals surface area (Å²) in [5.41, 5.74) is 0.229. The first kappa shape index (κ1) is 23.8. The van der Waals surface area contributed by atoms with Gasteiger partial charge >= 0.3 is 0 Å². The van der Waals surface area contributed by atoms with Crippen molar-refractivity contribution < 1.29 is 26.4 Å². The highest BCUT2D eigenvalue weighted by atomic mass is 32.2. The van der Waals surface area contributed by atoms with Gasteiger partial charge < -0.3 is 5.32 Å². The van der Waals surface area contributed by atoms with E-state index in [0.29, 0.717) is 18.5 Å². The lowest BCUT2D eigenvalue weighted by atomic mass is 10.2. The van der Waals surface area contributed by atoms with Crippen LogP contribution in [-0.2, 0) is 21.4 Å². The molecule has 0 radical (unpaired) electrons. The summed E-state index contributed by atoms with van der Waals surface area (Å²) in [6, 6.07) is 8.06. The van der Waals surface area contributed by atoms with Crippen molar-refractivity contribution in [3.63, 3.8) is 0 Å². The fourth-order valence-corrected chi connectivity index (χ4v) is 3.79. The number of hydrogen-bond donors (Lipinski definition) is 1. The molecule has 0 atom stereocenters. The molecule has 30 heavy (non-hydrogen) atoms. The molecule has 10 heteroatoms. The first-order chi connectivity index (χ1) is 14.1. The molecule has 6 nitrogen and oxygen atoms in total. The SMILES string of the molecule is CCCN(CC(=O)Nc1ccc(F)c(F)c1F)Cc1cccc(S(=O)(=O)N(C)C)c1. The standard InChI is InChI=1S/C20H24F3N3O3S/c1-4-10-26(12-14-6-5-7-15(11-14)30(28,29)25(2)3)13-18(27)24-17-9-8-16(21)19(22)20(17)23/h5-9,11H,4,10,12-13H2,1-3H3,(H,24,27). The maximum Gasteiger partial charge on any atom is 0.242 e. The summed E-state index contributed by atoms with van der Waals surface area (Å²) in [5.74, 6) is -5.07. The zero-order valence-electron chi connectivity index (χ0n) is 17.0. The summed E-state index contributed by atoms with van der Waals surface area (Å²) in [4.78, 5) is 14.2. The molecule has 0 unspecified atom stereocenters. The van der Waals surface area contributed by atoms with E-state index in [1.165, 1.54) is 26.2 Å². The second kappa shape index (κ2) is 10.1. The quantitative estimate of drug-likeness (QED) is 0.605. The van der Waals surface area contributed by atoms with Crippen molar-refractivity contribution in [2.24, 2.45) is 0 Å². The highest BCUT2D eigenvalue weighted by Crippen LogP contribution is 2.20. The summed E-state index contributed by atoms with van der Waals surface area (Å²) in [5, 5.41) is 2.24. The zero-order valence-corrected chi connectivity index (χ0v) is 17.8. The number of hydrogen-bond acceptors (Lipinski definition) is 4. The number of halogens is 3. The Bertz CT molecular complexity index is 1010. The van der Waals surface area contributed by atoms with Gasteiger partial charge in [0.25, 0.3) is 0 Å². The van der Waals surface area contributed by atoms with Gasteiger partial charge in [0.05, 0.1) is 17.1 Å². The Labute approximate surface area is 174 Å². The third-order valence-corrected chi connectivity index (χ3v) is 6.11. The van der Waals surface area contributed by atoms with Crippen molar-refractivity contribution in [1.29, 1.82) is 0 Å². The maximum atomic E-state index is 13.8. The van der Waals surface area contributed by atoms with Crippen LogP contribution in [0.2, 0.25) is 0 Å². The number of rotatable bonds is 9. The molecular formula is C20H24F3N3O3S. The molecule has 2 aromatic carbocycles. The van der Waals surface area contributed by atoms with Crippen LogP contribution in [0.25, 0.3) is 0 Å². The topological polar surface area (TPSA) is 69.7 Å². The lowest BCUT2D eigenvalue weighted by Gasteiger charge is -2.22. The van der Waals surface area contributed by atoms with Crippen LogP contribution in [0.1, 0.15) is 18.9 Å². The molecule has 0 aliphatic carbocycles. The van der Waals surface area contributed by atoms with E-state index >= 15 is 0 Å². The predicted octanol–water partition coefficient (Wildman–Crippen LogP) is 3.20. The smallest absolute Gasteiger partial charge is 0.242 e. The molecule has 1 N–H and O–H groups in total. The fraction of sp³-hybridized carbons (Fsp3) is 0.350. The van der Waals surface area contributed by atoms with Crippen molar-refractivity contribution in [2.45, 2.75) is 24.8 Å². The van der Waals surface area contributed by atoms with Crippen LogP contribution in [-0.4, -0.2) is 50.7 Å². The number of carbonyl (C=O) groups is 1. The summed E-state index contributed by atoms with van der Waals surface area (Å²) in [6.45, 7) is 2.56. The number of nitrogens with one attached hydrogen (secondary N) is 1. The predicted molar refractivity (Wildman–Crippen MR) is 108 cm³/mol. The number of amides is 1. The molecule has 0 aromatic heterocycles. The van der Waals surface area contributed by atoms with E-state index in [2.05, 4.69) is 5.32 Å². The van der Waals surface area contributed by atoms with Gasteiger partial charge in [0.1, 0.15) is 0 Å². The monoisotopic (exact) mass is 443 g/mol. The third kappa shape index (κ3) is 5.80. The average molecular weight is 443 g/mol. The molecule has 0 spiro atoms. The van der Waals surface area contributed by atoms with Gasteiger partial charge in [-0.25, -0.2) is 25.9 Å². The molecule has 2 rings (SSSR count). The van der Waals surface area contributed by atoms with Gasteiger partial charge in [0.2, 0.25) is 15.9 Å². The largest absolute Gasteiger partial charge is 0.322 e. The minimum Gasteiger partial charge on any atom is -0.322 e. The molecule has 164 valence electrons. The van der Waals surface area contributed by atoms with Crippen molar-refractivity contribution in [3.8, 4) is 0 Å². The van der Waals surface area contributed by atoms with Gasteiger partial charge in [0, 0.05) is 20.6 Å². The van der Waals surface area contributed by atoms with Crippen LogP contribution < -0.4 is 5.32 Å². The molecule has 2 aromatic rings. The lowest BCUT2D eigenvalue weighted by molar-refractivity contribution is -0.117. The van der Waals surface area contributed by atoms with Crippen molar-refractivity contribution in [3.05, 3.63) is 59.4 Å². The van der Waals surface area contributed by atoms with Gasteiger partial charge in [-0.15, -0.1) is 0 Å². The Balaban J connectivity index is 2.13. The van der Waals surface area contributed by atoms with Crippen LogP contribution in [0.3, 0.4) is 0 Å². The van der Waals surface area contributed by atoms with Gasteiger partial charge in [-0.2, -0.15) is 0 Å². The van der Waals surface area contributed by atoms with Gasteiger partial charge in [0.15, 0.2) is 17.5 Å². The van der Waals surface area contributed by atoms with Gasteiger partial charge in [-0.3, -0.25) is 9.69 Å². The Morgan fingerprint density at radius 3 is 2.40 bits per heavy atom. The van der Waals surface area contributed by atoms with Gasteiger partial charge in [-0.05, 0) is 42.8 Å². The molecule has 0 saturated carbocycles. The Morgan fingerprint density at radius 1 is 1.07 bits per heavy atom. The third-order valence-electron chi connectivity index (χ3n) is 4.30. The molecule has 0 saturated heterocycles. The van der Waals surface area contributed by atoms with Crippen LogP contribution >= 0.6 is 0 Å². The lowest BCUT2D eigenvalue weighted by Crippen LogP contribution is -2.33. The highest BCUT2D eigenvalue weighted by molar-refractivity contribution is 7.89. The Morgan fingerprint density at radius 2 is 1.77 bits per heavy atom. The van der Waals surface area contributed by atoms with Crippen LogP contribution in [0.5, 0.6) is 0 Å². The summed E-state index contributed by atoms with van der Waals surface area (Å²) < 4.78 is 65.9. The van der Waals surface area contributed by atoms with Crippen LogP contribution in [0.15, 0.2) is 41.3 Å². The van der Waals surface area contributed by atoms with Gasteiger partial charge in [-0.1, -0.05) is 19.1 Å². The number of carbonyl (C=O) groups excluding carboxylic acids is 1. The molecule has 0 aliphatic heterocycles. The van der Waals surface area contributed by atoms with E-state index in [-0.39, 0.29) is 18.0 Å². The second-order valence-corrected chi connectivity index (χ2v) is 9.07. The highest BCUT2D eigenvalue weighted by Gasteiger charge is 2.19. The van der Waals surface area contributed by atoms with E-state index in [1.54, 1.807) is 17.0 Å². The van der Waals surface area contributed by atoms with E-state index in [1.807, 2.05) is 6.92 Å². The fourth-order valence-electron chi connectivity index (χ4n) is 2.82. The molecule has 0 fully saturated rings. The minimum atomic E-state index is -3.60. The molecule has 1 amide bonds. The first-order valence-corrected chi connectivity index (χ1v) is 10.7. The summed E-state index contributed by atoms with van der Waals surface area (Å²) >= 11 is 0. The molecule has 0 bridgehead atoms. The Hall–Kier alpha value is -2.43. The normalized spacial score (nSPS) is 11.9. The van der Waals surface area contributed by atoms with E-state index in [4.69, 9.17) is 0 Å². The molecule has 0 heterocycles. The van der Waals surface area contributed by atoms with Crippen LogP contribution in [0.4, 0.5) is 18.9 Å². The molecular weight excluding hydrogens is 419 g/mol. The Kier molecular flexibility index (Phi) is 7.99. The minimum absolute atomic E-state index is 0.134. The van der Waals surface area contributed by atoms with E-state index < -0.39 is 39.1 Å². The van der Waals surface area contributed by atoms with Crippen molar-refractivity contribution in [2.75, 3.05) is 32.5 Å². The summed E-state index contributed by atoms with van der Waals surface area (Å²) in [6.07, 6.45) is 0.711. The maximum absolute atomic E-state index is 13.8. The van der Waals surface area contributed by atoms with Crippen molar-refractivity contribution >= 4 is 21.6 Å². The van der Waals surface area contributed by atoms with E-state index in [9.17, 15) is 26.4 Å². The van der Waals surface area contributed by atoms with Crippen LogP contribution in [0, 0.1) is 17.5 Å². The first-order valence-electron chi connectivity index (χ1n) is 9.23. The number of nitrogens with zero attached hydrogens (tertiary/aromatic N) is 2. The van der Waals surface area contributed by atoms with Crippen molar-refractivity contribution in [1.82, 2.24) is 9.21 Å². The second-order valence-electron chi connectivity index (χ2n) is 6.92. The number of sulfonamides is 1. The zero-order chi connectivity index (χ0) is 22.5. The number of benzene rings is 2. The number of anilines is 1. The average Bonchev–Trinajstić information content (AvgIpc) is 2.68.